The minimum Gasteiger partial charge on any atom is -0.288 e. The molecular formula is C11H6N2OS. The molecule has 3 heterocycles. The normalized spacial score (nSPS) is 10.9. The fourth-order valence-electron chi connectivity index (χ4n) is 1.53. The number of hydrogen-bond donors (Lipinski definition) is 0. The Hall–Kier alpha value is -1.81. The Morgan fingerprint density at radius 3 is 2.00 bits per heavy atom. The van der Waals surface area contributed by atoms with E-state index < -0.39 is 0 Å². The van der Waals surface area contributed by atoms with Crippen molar-refractivity contribution < 1.29 is 0 Å². The Morgan fingerprint density at radius 1 is 0.933 bits per heavy atom. The molecule has 0 unspecified atom stereocenters. The van der Waals surface area contributed by atoms with Crippen LogP contribution in [0.2, 0.25) is 0 Å². The molecule has 0 aliphatic carbocycles. The summed E-state index contributed by atoms with van der Waals surface area (Å²) in [5, 5.41) is 1.34. The first-order valence-electron chi connectivity index (χ1n) is 4.49. The largest absolute Gasteiger partial charge is 0.288 e. The molecule has 3 aromatic heterocycles. The zero-order valence-electron chi connectivity index (χ0n) is 7.68. The number of rotatable bonds is 0. The molecule has 0 amide bonds. The standard InChI is InChI=1S/C11H6N2OS/c14-9-7-3-1-5-12-10(7)15-11-8(9)4-2-6-13-11/h1-6H. The monoisotopic (exact) mass is 214 g/mol. The molecule has 0 bridgehead atoms. The maximum atomic E-state index is 12.0. The number of nitrogens with zero attached hydrogens (tertiary/aromatic N) is 2. The van der Waals surface area contributed by atoms with Gasteiger partial charge in [-0.2, -0.15) is 0 Å². The molecular weight excluding hydrogens is 208 g/mol. The fourth-order valence-corrected chi connectivity index (χ4v) is 2.48. The highest BCUT2D eigenvalue weighted by Gasteiger charge is 2.05. The van der Waals surface area contributed by atoms with Crippen LogP contribution in [0.5, 0.6) is 0 Å². The Bertz CT molecular complexity index is 648. The summed E-state index contributed by atoms with van der Waals surface area (Å²) in [5.74, 6) is 0. The Labute approximate surface area is 89.0 Å². The second kappa shape index (κ2) is 3.10. The molecule has 3 aromatic rings. The molecule has 0 fully saturated rings. The molecule has 0 spiro atoms. The summed E-state index contributed by atoms with van der Waals surface area (Å²) in [6.45, 7) is 0. The lowest BCUT2D eigenvalue weighted by atomic mass is 10.2. The summed E-state index contributed by atoms with van der Waals surface area (Å²) in [5.41, 5.74) is 0.0138. The fraction of sp³-hybridized carbons (Fsp3) is 0. The average Bonchev–Trinajstić information content (AvgIpc) is 2.30. The first kappa shape index (κ1) is 8.49. The SMILES string of the molecule is O=c1c2cccnc2sc2ncccc12. The van der Waals surface area contributed by atoms with E-state index in [1.165, 1.54) is 11.3 Å². The van der Waals surface area contributed by atoms with Crippen LogP contribution < -0.4 is 5.43 Å². The van der Waals surface area contributed by atoms with Crippen molar-refractivity contribution >= 4 is 31.8 Å². The van der Waals surface area contributed by atoms with Crippen LogP contribution in [0.15, 0.2) is 41.5 Å². The number of aromatic nitrogens is 2. The molecule has 0 N–H and O–H groups in total. The molecule has 3 rings (SSSR count). The second-order valence-electron chi connectivity index (χ2n) is 3.14. The molecule has 3 nitrogen and oxygen atoms in total. The van der Waals surface area contributed by atoms with E-state index in [2.05, 4.69) is 9.97 Å². The van der Waals surface area contributed by atoms with E-state index in [-0.39, 0.29) is 5.43 Å². The topological polar surface area (TPSA) is 42.9 Å². The van der Waals surface area contributed by atoms with Crippen molar-refractivity contribution in [2.75, 3.05) is 0 Å². The molecule has 0 saturated carbocycles. The third-order valence-electron chi connectivity index (χ3n) is 2.22. The Kier molecular flexibility index (Phi) is 1.76. The van der Waals surface area contributed by atoms with Gasteiger partial charge in [0.2, 0.25) is 0 Å². The first-order chi connectivity index (χ1) is 7.36. The zero-order chi connectivity index (χ0) is 10.3. The van der Waals surface area contributed by atoms with E-state index in [1.54, 1.807) is 36.7 Å². The number of pyridine rings is 2. The van der Waals surface area contributed by atoms with Gasteiger partial charge >= 0.3 is 0 Å². The van der Waals surface area contributed by atoms with Gasteiger partial charge in [-0.15, -0.1) is 0 Å². The highest BCUT2D eigenvalue weighted by Crippen LogP contribution is 2.19. The second-order valence-corrected chi connectivity index (χ2v) is 4.12. The Morgan fingerprint density at radius 2 is 1.47 bits per heavy atom. The zero-order valence-corrected chi connectivity index (χ0v) is 8.49. The summed E-state index contributed by atoms with van der Waals surface area (Å²) >= 11 is 1.44. The molecule has 4 heteroatoms. The van der Waals surface area contributed by atoms with E-state index in [0.29, 0.717) is 10.8 Å². The lowest BCUT2D eigenvalue weighted by molar-refractivity contribution is 1.42. The summed E-state index contributed by atoms with van der Waals surface area (Å²) in [6, 6.07) is 7.15. The van der Waals surface area contributed by atoms with Crippen LogP contribution in [-0.4, -0.2) is 9.97 Å². The van der Waals surface area contributed by atoms with Crippen molar-refractivity contribution in [3.63, 3.8) is 0 Å². The van der Waals surface area contributed by atoms with Crippen LogP contribution in [0.4, 0.5) is 0 Å². The van der Waals surface area contributed by atoms with Crippen LogP contribution in [0.3, 0.4) is 0 Å². The first-order valence-corrected chi connectivity index (χ1v) is 5.30. The van der Waals surface area contributed by atoms with E-state index in [1.807, 2.05) is 0 Å². The van der Waals surface area contributed by atoms with Crippen molar-refractivity contribution in [2.24, 2.45) is 0 Å². The molecule has 0 radical (unpaired) electrons. The van der Waals surface area contributed by atoms with Gasteiger partial charge in [-0.05, 0) is 24.3 Å². The van der Waals surface area contributed by atoms with Gasteiger partial charge in [0.05, 0.1) is 10.8 Å². The quantitative estimate of drug-likeness (QED) is 0.539. The highest BCUT2D eigenvalue weighted by atomic mass is 32.1. The summed E-state index contributed by atoms with van der Waals surface area (Å²) < 4.78 is 0. The molecule has 15 heavy (non-hydrogen) atoms. The van der Waals surface area contributed by atoms with Crippen molar-refractivity contribution in [3.05, 3.63) is 46.9 Å². The molecule has 0 atom stereocenters. The molecule has 0 aliphatic heterocycles. The summed E-state index contributed by atoms with van der Waals surface area (Å²) in [7, 11) is 0. The molecule has 0 saturated heterocycles. The lowest BCUT2D eigenvalue weighted by Crippen LogP contribution is -2.01. The van der Waals surface area contributed by atoms with Crippen LogP contribution in [0, 0.1) is 0 Å². The van der Waals surface area contributed by atoms with Crippen LogP contribution in [0.1, 0.15) is 0 Å². The Balaban J connectivity index is 2.66. The average molecular weight is 214 g/mol. The number of fused-ring (bicyclic) bond motifs is 2. The minimum absolute atomic E-state index is 0.0138. The van der Waals surface area contributed by atoms with Gasteiger partial charge < -0.3 is 0 Å². The maximum Gasteiger partial charge on any atom is 0.199 e. The van der Waals surface area contributed by atoms with Gasteiger partial charge in [-0.1, -0.05) is 11.3 Å². The van der Waals surface area contributed by atoms with Crippen molar-refractivity contribution in [1.82, 2.24) is 9.97 Å². The van der Waals surface area contributed by atoms with Crippen molar-refractivity contribution in [3.8, 4) is 0 Å². The maximum absolute atomic E-state index is 12.0. The summed E-state index contributed by atoms with van der Waals surface area (Å²) in [6.07, 6.45) is 3.38. The van der Waals surface area contributed by atoms with Gasteiger partial charge in [0.15, 0.2) is 5.43 Å². The predicted octanol–water partition coefficient (Wildman–Crippen LogP) is 2.20. The van der Waals surface area contributed by atoms with Gasteiger partial charge in [0.25, 0.3) is 0 Å². The third kappa shape index (κ3) is 1.22. The van der Waals surface area contributed by atoms with Gasteiger partial charge in [-0.3, -0.25) is 4.79 Å². The van der Waals surface area contributed by atoms with Crippen LogP contribution in [-0.2, 0) is 0 Å². The molecule has 0 aromatic carbocycles. The van der Waals surface area contributed by atoms with Gasteiger partial charge in [-0.25, -0.2) is 9.97 Å². The van der Waals surface area contributed by atoms with E-state index in [0.717, 1.165) is 9.66 Å². The highest BCUT2D eigenvalue weighted by molar-refractivity contribution is 7.23. The van der Waals surface area contributed by atoms with Gasteiger partial charge in [0, 0.05) is 12.4 Å². The number of hydrogen-bond acceptors (Lipinski definition) is 4. The summed E-state index contributed by atoms with van der Waals surface area (Å²) in [4.78, 5) is 21.8. The van der Waals surface area contributed by atoms with E-state index in [4.69, 9.17) is 0 Å². The van der Waals surface area contributed by atoms with Crippen molar-refractivity contribution in [1.29, 1.82) is 0 Å². The smallest absolute Gasteiger partial charge is 0.199 e. The van der Waals surface area contributed by atoms with Crippen molar-refractivity contribution in [2.45, 2.75) is 0 Å². The minimum atomic E-state index is 0.0138. The van der Waals surface area contributed by atoms with Crippen LogP contribution in [0.25, 0.3) is 20.4 Å². The molecule has 72 valence electrons. The molecule has 0 aliphatic rings. The van der Waals surface area contributed by atoms with E-state index in [9.17, 15) is 4.79 Å². The lowest BCUT2D eigenvalue weighted by Gasteiger charge is -1.97. The van der Waals surface area contributed by atoms with Crippen LogP contribution >= 0.6 is 11.3 Å². The predicted molar refractivity (Wildman–Crippen MR) is 61.2 cm³/mol. The van der Waals surface area contributed by atoms with E-state index >= 15 is 0 Å². The third-order valence-corrected chi connectivity index (χ3v) is 3.26. The van der Waals surface area contributed by atoms with Gasteiger partial charge in [0.1, 0.15) is 9.66 Å².